The lowest BCUT2D eigenvalue weighted by molar-refractivity contribution is 0.0963. The third-order valence-electron chi connectivity index (χ3n) is 2.09. The summed E-state index contributed by atoms with van der Waals surface area (Å²) < 4.78 is 0. The van der Waals surface area contributed by atoms with E-state index in [1.54, 1.807) is 19.2 Å². The summed E-state index contributed by atoms with van der Waals surface area (Å²) >= 11 is 0. The number of H-pyrrole nitrogens is 1. The fraction of sp³-hybridized carbons (Fsp3) is 0.200. The minimum atomic E-state index is -0.0902. The molecule has 0 aliphatic rings. The Morgan fingerprint density at radius 1 is 1.50 bits per heavy atom. The van der Waals surface area contributed by atoms with E-state index < -0.39 is 0 Å². The lowest BCUT2D eigenvalue weighted by atomic mass is 10.2. The van der Waals surface area contributed by atoms with Gasteiger partial charge >= 0.3 is 0 Å². The predicted molar refractivity (Wildman–Crippen MR) is 54.2 cm³/mol. The number of hydrogen-bond acceptors (Lipinski definition) is 2. The van der Waals surface area contributed by atoms with Crippen molar-refractivity contribution in [2.24, 2.45) is 0 Å². The van der Waals surface area contributed by atoms with Crippen molar-refractivity contribution in [1.82, 2.24) is 15.3 Å². The van der Waals surface area contributed by atoms with E-state index in [0.717, 1.165) is 16.9 Å². The normalized spacial score (nSPS) is 10.4. The lowest BCUT2D eigenvalue weighted by Crippen LogP contribution is -2.17. The highest BCUT2D eigenvalue weighted by molar-refractivity contribution is 5.97. The average molecular weight is 189 g/mol. The first kappa shape index (κ1) is 8.74. The summed E-state index contributed by atoms with van der Waals surface area (Å²) in [7, 11) is 1.61. The fourth-order valence-electron chi connectivity index (χ4n) is 1.42. The highest BCUT2D eigenvalue weighted by Gasteiger charge is 2.05. The number of carbonyl (C=O) groups is 1. The lowest BCUT2D eigenvalue weighted by Gasteiger charge is -1.97. The summed E-state index contributed by atoms with van der Waals surface area (Å²) in [6, 6.07) is 5.41. The zero-order valence-corrected chi connectivity index (χ0v) is 8.09. The Bertz CT molecular complexity index is 487. The minimum absolute atomic E-state index is 0.0902. The van der Waals surface area contributed by atoms with E-state index >= 15 is 0 Å². The number of nitrogens with zero attached hydrogens (tertiary/aromatic N) is 1. The Balaban J connectivity index is 2.55. The summed E-state index contributed by atoms with van der Waals surface area (Å²) in [5.41, 5.74) is 2.41. The molecule has 2 N–H and O–H groups in total. The molecule has 14 heavy (non-hydrogen) atoms. The van der Waals surface area contributed by atoms with Crippen LogP contribution in [-0.2, 0) is 0 Å². The van der Waals surface area contributed by atoms with Gasteiger partial charge in [-0.05, 0) is 25.1 Å². The van der Waals surface area contributed by atoms with Crippen LogP contribution in [0.3, 0.4) is 0 Å². The maximum absolute atomic E-state index is 11.3. The van der Waals surface area contributed by atoms with Crippen molar-refractivity contribution >= 4 is 16.9 Å². The number of benzene rings is 1. The number of aromatic nitrogens is 2. The topological polar surface area (TPSA) is 57.8 Å². The van der Waals surface area contributed by atoms with Crippen molar-refractivity contribution in [3.8, 4) is 0 Å². The first-order valence-electron chi connectivity index (χ1n) is 4.39. The molecular formula is C10H11N3O. The molecule has 1 aromatic heterocycles. The zero-order valence-electron chi connectivity index (χ0n) is 8.09. The van der Waals surface area contributed by atoms with E-state index in [9.17, 15) is 4.79 Å². The molecule has 0 unspecified atom stereocenters. The van der Waals surface area contributed by atoms with E-state index in [2.05, 4.69) is 15.3 Å². The number of nitrogens with one attached hydrogen (secondary N) is 2. The van der Waals surface area contributed by atoms with Crippen LogP contribution in [0.25, 0.3) is 11.0 Å². The van der Waals surface area contributed by atoms with Crippen molar-refractivity contribution in [1.29, 1.82) is 0 Å². The third kappa shape index (κ3) is 1.35. The van der Waals surface area contributed by atoms with Crippen LogP contribution in [-0.4, -0.2) is 22.9 Å². The molecule has 0 aliphatic heterocycles. The van der Waals surface area contributed by atoms with Crippen molar-refractivity contribution in [3.63, 3.8) is 0 Å². The molecule has 0 fully saturated rings. The van der Waals surface area contributed by atoms with Gasteiger partial charge in [-0.3, -0.25) is 4.79 Å². The number of amides is 1. The smallest absolute Gasteiger partial charge is 0.251 e. The number of aryl methyl sites for hydroxylation is 1. The third-order valence-corrected chi connectivity index (χ3v) is 2.09. The maximum Gasteiger partial charge on any atom is 0.251 e. The van der Waals surface area contributed by atoms with E-state index in [1.165, 1.54) is 0 Å². The Morgan fingerprint density at radius 3 is 3.00 bits per heavy atom. The second-order valence-electron chi connectivity index (χ2n) is 3.13. The van der Waals surface area contributed by atoms with Gasteiger partial charge in [0.2, 0.25) is 0 Å². The number of aromatic amines is 1. The zero-order chi connectivity index (χ0) is 10.1. The van der Waals surface area contributed by atoms with Crippen LogP contribution >= 0.6 is 0 Å². The van der Waals surface area contributed by atoms with Gasteiger partial charge in [0.15, 0.2) is 0 Å². The van der Waals surface area contributed by atoms with Gasteiger partial charge in [-0.1, -0.05) is 0 Å². The standard InChI is InChI=1S/C10H11N3O/c1-6-12-8-4-3-7(10(14)11-2)5-9(8)13-6/h3-5H,1-2H3,(H,11,14)(H,12,13). The second kappa shape index (κ2) is 3.14. The van der Waals surface area contributed by atoms with Crippen LogP contribution in [0.15, 0.2) is 18.2 Å². The molecule has 0 saturated heterocycles. The van der Waals surface area contributed by atoms with Crippen LogP contribution in [0.5, 0.6) is 0 Å². The van der Waals surface area contributed by atoms with E-state index in [1.807, 2.05) is 13.0 Å². The van der Waals surface area contributed by atoms with Gasteiger partial charge in [-0.15, -0.1) is 0 Å². The monoisotopic (exact) mass is 189 g/mol. The van der Waals surface area contributed by atoms with E-state index in [-0.39, 0.29) is 5.91 Å². The first-order chi connectivity index (χ1) is 6.70. The van der Waals surface area contributed by atoms with Gasteiger partial charge in [-0.2, -0.15) is 0 Å². The molecule has 1 amide bonds. The molecule has 0 bridgehead atoms. The number of carbonyl (C=O) groups excluding carboxylic acids is 1. The van der Waals surface area contributed by atoms with E-state index in [0.29, 0.717) is 5.56 Å². The van der Waals surface area contributed by atoms with Crippen LogP contribution in [0, 0.1) is 6.92 Å². The predicted octanol–water partition coefficient (Wildman–Crippen LogP) is 1.23. The fourth-order valence-corrected chi connectivity index (χ4v) is 1.42. The number of imidazole rings is 1. The molecule has 0 spiro atoms. The Kier molecular flexibility index (Phi) is 1.96. The van der Waals surface area contributed by atoms with Crippen LogP contribution in [0.4, 0.5) is 0 Å². The van der Waals surface area contributed by atoms with Gasteiger partial charge in [-0.25, -0.2) is 4.98 Å². The summed E-state index contributed by atoms with van der Waals surface area (Å²) in [6.07, 6.45) is 0. The molecule has 0 aliphatic carbocycles. The summed E-state index contributed by atoms with van der Waals surface area (Å²) in [5, 5.41) is 2.58. The molecule has 72 valence electrons. The second-order valence-corrected chi connectivity index (χ2v) is 3.13. The average Bonchev–Trinajstić information content (AvgIpc) is 2.55. The van der Waals surface area contributed by atoms with Gasteiger partial charge in [0.1, 0.15) is 5.82 Å². The molecule has 2 aromatic rings. The van der Waals surface area contributed by atoms with Crippen molar-refractivity contribution < 1.29 is 4.79 Å². The largest absolute Gasteiger partial charge is 0.355 e. The number of hydrogen-bond donors (Lipinski definition) is 2. The molecule has 4 heteroatoms. The molecule has 1 heterocycles. The van der Waals surface area contributed by atoms with Gasteiger partial charge in [0.05, 0.1) is 11.0 Å². The molecule has 1 aromatic carbocycles. The molecule has 0 saturated carbocycles. The molecule has 0 radical (unpaired) electrons. The number of fused-ring (bicyclic) bond motifs is 1. The molecule has 0 atom stereocenters. The van der Waals surface area contributed by atoms with Gasteiger partial charge in [0.25, 0.3) is 5.91 Å². The molecule has 2 rings (SSSR count). The van der Waals surface area contributed by atoms with Crippen molar-refractivity contribution in [2.75, 3.05) is 7.05 Å². The number of rotatable bonds is 1. The first-order valence-corrected chi connectivity index (χ1v) is 4.39. The van der Waals surface area contributed by atoms with Gasteiger partial charge < -0.3 is 10.3 Å². The SMILES string of the molecule is CNC(=O)c1ccc2[nH]c(C)nc2c1. The Labute approximate surface area is 81.3 Å². The van der Waals surface area contributed by atoms with Crippen LogP contribution in [0.2, 0.25) is 0 Å². The maximum atomic E-state index is 11.3. The Hall–Kier alpha value is -1.84. The summed E-state index contributed by atoms with van der Waals surface area (Å²) in [5.74, 6) is 0.765. The van der Waals surface area contributed by atoms with Crippen molar-refractivity contribution in [2.45, 2.75) is 6.92 Å². The van der Waals surface area contributed by atoms with Crippen molar-refractivity contribution in [3.05, 3.63) is 29.6 Å². The highest BCUT2D eigenvalue weighted by atomic mass is 16.1. The van der Waals surface area contributed by atoms with Crippen LogP contribution in [0.1, 0.15) is 16.2 Å². The van der Waals surface area contributed by atoms with E-state index in [4.69, 9.17) is 0 Å². The molecular weight excluding hydrogens is 178 g/mol. The summed E-state index contributed by atoms with van der Waals surface area (Å²) in [6.45, 7) is 1.89. The highest BCUT2D eigenvalue weighted by Crippen LogP contribution is 2.13. The van der Waals surface area contributed by atoms with Gasteiger partial charge in [0, 0.05) is 12.6 Å². The Morgan fingerprint density at radius 2 is 2.29 bits per heavy atom. The molecule has 4 nitrogen and oxygen atoms in total. The quantitative estimate of drug-likeness (QED) is 0.708. The van der Waals surface area contributed by atoms with Crippen LogP contribution < -0.4 is 5.32 Å². The minimum Gasteiger partial charge on any atom is -0.355 e. The summed E-state index contributed by atoms with van der Waals surface area (Å²) in [4.78, 5) is 18.7.